The van der Waals surface area contributed by atoms with Gasteiger partial charge in [0.1, 0.15) is 0 Å². The number of nitrogens with one attached hydrogen (secondary N) is 1. The van der Waals surface area contributed by atoms with Gasteiger partial charge < -0.3 is 10.4 Å². The van der Waals surface area contributed by atoms with Gasteiger partial charge in [-0.15, -0.1) is 0 Å². The van der Waals surface area contributed by atoms with Crippen molar-refractivity contribution < 1.29 is 5.11 Å². The van der Waals surface area contributed by atoms with Gasteiger partial charge in [-0.2, -0.15) is 0 Å². The van der Waals surface area contributed by atoms with Crippen LogP contribution in [0.15, 0.2) is 12.2 Å². The van der Waals surface area contributed by atoms with Crippen LogP contribution in [0.1, 0.15) is 33.6 Å². The van der Waals surface area contributed by atoms with Crippen LogP contribution in [-0.4, -0.2) is 23.3 Å². The Morgan fingerprint density at radius 1 is 1.40 bits per heavy atom. The van der Waals surface area contributed by atoms with Crippen LogP contribution < -0.4 is 5.32 Å². The fraction of sp³-hybridized carbons (Fsp3) is 0.846. The van der Waals surface area contributed by atoms with E-state index in [0.717, 1.165) is 24.3 Å². The molecule has 2 N–H and O–H groups in total. The number of hydrogen-bond donors (Lipinski definition) is 2. The molecule has 0 aromatic carbocycles. The van der Waals surface area contributed by atoms with Gasteiger partial charge in [-0.05, 0) is 57.9 Å². The van der Waals surface area contributed by atoms with Crippen LogP contribution in [-0.2, 0) is 0 Å². The Morgan fingerprint density at radius 2 is 2.13 bits per heavy atom. The lowest BCUT2D eigenvalue weighted by molar-refractivity contribution is 0.0925. The van der Waals surface area contributed by atoms with Crippen molar-refractivity contribution in [3.63, 3.8) is 0 Å². The third kappa shape index (κ3) is 2.26. The number of aliphatic hydroxyl groups is 1. The van der Waals surface area contributed by atoms with Crippen LogP contribution in [0.5, 0.6) is 0 Å². The highest BCUT2D eigenvalue weighted by Crippen LogP contribution is 2.43. The molecule has 0 amide bonds. The molecule has 15 heavy (non-hydrogen) atoms. The van der Waals surface area contributed by atoms with Gasteiger partial charge in [-0.1, -0.05) is 12.2 Å². The molecule has 0 aliphatic heterocycles. The minimum atomic E-state index is -0.299. The van der Waals surface area contributed by atoms with Crippen molar-refractivity contribution in [3.8, 4) is 0 Å². The van der Waals surface area contributed by atoms with E-state index in [1.807, 2.05) is 6.92 Å². The monoisotopic (exact) mass is 209 g/mol. The molecule has 1 fully saturated rings. The summed E-state index contributed by atoms with van der Waals surface area (Å²) in [6.07, 6.45) is 7.16. The van der Waals surface area contributed by atoms with Gasteiger partial charge in [0.05, 0.1) is 6.10 Å². The molecule has 0 saturated heterocycles. The zero-order valence-electron chi connectivity index (χ0n) is 10.0. The standard InChI is InChI=1S/C13H23NO/c1-9(15)13(2,3)14-8-12-7-10-4-5-11(12)6-10/h4-5,9-12,14-15H,6-8H2,1-3H3. The Labute approximate surface area is 92.8 Å². The zero-order chi connectivity index (χ0) is 11.1. The highest BCUT2D eigenvalue weighted by atomic mass is 16.3. The summed E-state index contributed by atoms with van der Waals surface area (Å²) in [6, 6.07) is 0. The number of hydrogen-bond acceptors (Lipinski definition) is 2. The Balaban J connectivity index is 1.82. The van der Waals surface area contributed by atoms with E-state index < -0.39 is 0 Å². The maximum Gasteiger partial charge on any atom is 0.0688 e. The van der Waals surface area contributed by atoms with Crippen LogP contribution in [0.25, 0.3) is 0 Å². The molecule has 0 aromatic heterocycles. The minimum Gasteiger partial charge on any atom is -0.392 e. The quantitative estimate of drug-likeness (QED) is 0.694. The van der Waals surface area contributed by atoms with Gasteiger partial charge in [0, 0.05) is 5.54 Å². The number of fused-ring (bicyclic) bond motifs is 2. The molecular formula is C13H23NO. The molecule has 2 rings (SSSR count). The van der Waals surface area contributed by atoms with Crippen molar-refractivity contribution in [3.05, 3.63) is 12.2 Å². The van der Waals surface area contributed by atoms with Gasteiger partial charge >= 0.3 is 0 Å². The van der Waals surface area contributed by atoms with E-state index in [1.165, 1.54) is 12.8 Å². The van der Waals surface area contributed by atoms with Gasteiger partial charge in [-0.25, -0.2) is 0 Å². The molecular weight excluding hydrogens is 186 g/mol. The summed E-state index contributed by atoms with van der Waals surface area (Å²) in [5.74, 6) is 2.43. The van der Waals surface area contributed by atoms with Crippen LogP contribution >= 0.6 is 0 Å². The maximum atomic E-state index is 9.61. The molecule has 2 nitrogen and oxygen atoms in total. The van der Waals surface area contributed by atoms with Crippen LogP contribution in [0.3, 0.4) is 0 Å². The molecule has 0 heterocycles. The summed E-state index contributed by atoms with van der Waals surface area (Å²) in [4.78, 5) is 0. The fourth-order valence-electron chi connectivity index (χ4n) is 2.67. The van der Waals surface area contributed by atoms with Crippen LogP contribution in [0, 0.1) is 17.8 Å². The van der Waals surface area contributed by atoms with Crippen molar-refractivity contribution in [1.82, 2.24) is 5.32 Å². The maximum absolute atomic E-state index is 9.61. The number of aliphatic hydroxyl groups excluding tert-OH is 1. The van der Waals surface area contributed by atoms with Crippen LogP contribution in [0.4, 0.5) is 0 Å². The second-order valence-electron chi connectivity index (χ2n) is 5.82. The van der Waals surface area contributed by atoms with Gasteiger partial charge in [0.25, 0.3) is 0 Å². The lowest BCUT2D eigenvalue weighted by Gasteiger charge is -2.32. The molecule has 1 saturated carbocycles. The van der Waals surface area contributed by atoms with E-state index in [1.54, 1.807) is 0 Å². The van der Waals surface area contributed by atoms with Gasteiger partial charge in [-0.3, -0.25) is 0 Å². The Bertz CT molecular complexity index is 257. The first kappa shape index (κ1) is 11.2. The molecule has 4 atom stereocenters. The highest BCUT2D eigenvalue weighted by Gasteiger charge is 2.36. The summed E-state index contributed by atoms with van der Waals surface area (Å²) in [7, 11) is 0. The van der Waals surface area contributed by atoms with Crippen molar-refractivity contribution in [2.45, 2.75) is 45.3 Å². The Hall–Kier alpha value is -0.340. The highest BCUT2D eigenvalue weighted by molar-refractivity contribution is 5.10. The molecule has 86 valence electrons. The molecule has 2 aliphatic rings. The smallest absolute Gasteiger partial charge is 0.0688 e. The Kier molecular flexibility index (Phi) is 2.91. The normalized spacial score (nSPS) is 36.1. The zero-order valence-corrected chi connectivity index (χ0v) is 10.0. The molecule has 0 radical (unpaired) electrons. The first-order valence-electron chi connectivity index (χ1n) is 6.10. The molecule has 0 aromatic rings. The lowest BCUT2D eigenvalue weighted by Crippen LogP contribution is -2.50. The van der Waals surface area contributed by atoms with Crippen molar-refractivity contribution in [1.29, 1.82) is 0 Å². The van der Waals surface area contributed by atoms with E-state index in [2.05, 4.69) is 31.3 Å². The predicted octanol–water partition coefficient (Wildman–Crippen LogP) is 1.95. The minimum absolute atomic E-state index is 0.161. The third-order valence-electron chi connectivity index (χ3n) is 4.28. The average Bonchev–Trinajstić information content (AvgIpc) is 2.75. The van der Waals surface area contributed by atoms with E-state index in [-0.39, 0.29) is 11.6 Å². The summed E-state index contributed by atoms with van der Waals surface area (Å²) < 4.78 is 0. The van der Waals surface area contributed by atoms with E-state index in [0.29, 0.717) is 0 Å². The lowest BCUT2D eigenvalue weighted by atomic mass is 9.91. The Morgan fingerprint density at radius 3 is 2.60 bits per heavy atom. The topological polar surface area (TPSA) is 32.3 Å². The van der Waals surface area contributed by atoms with Gasteiger partial charge in [0.15, 0.2) is 0 Å². The van der Waals surface area contributed by atoms with Gasteiger partial charge in [0.2, 0.25) is 0 Å². The third-order valence-corrected chi connectivity index (χ3v) is 4.28. The summed E-state index contributed by atoms with van der Waals surface area (Å²) in [5, 5.41) is 13.1. The first-order chi connectivity index (χ1) is 6.99. The number of allylic oxidation sites excluding steroid dienone is 2. The van der Waals surface area contributed by atoms with Crippen molar-refractivity contribution in [2.24, 2.45) is 17.8 Å². The molecule has 4 unspecified atom stereocenters. The predicted molar refractivity (Wildman–Crippen MR) is 62.6 cm³/mol. The average molecular weight is 209 g/mol. The second-order valence-corrected chi connectivity index (χ2v) is 5.82. The summed E-state index contributed by atoms with van der Waals surface area (Å²) >= 11 is 0. The molecule has 0 spiro atoms. The van der Waals surface area contributed by atoms with E-state index >= 15 is 0 Å². The molecule has 2 aliphatic carbocycles. The number of rotatable bonds is 4. The van der Waals surface area contributed by atoms with E-state index in [4.69, 9.17) is 0 Å². The van der Waals surface area contributed by atoms with Crippen LogP contribution in [0.2, 0.25) is 0 Å². The first-order valence-corrected chi connectivity index (χ1v) is 6.10. The second kappa shape index (κ2) is 3.91. The van der Waals surface area contributed by atoms with Crippen molar-refractivity contribution in [2.75, 3.05) is 6.54 Å². The fourth-order valence-corrected chi connectivity index (χ4v) is 2.67. The molecule has 2 bridgehead atoms. The molecule has 2 heteroatoms. The summed E-state index contributed by atoms with van der Waals surface area (Å²) in [6.45, 7) is 7.04. The largest absolute Gasteiger partial charge is 0.392 e. The van der Waals surface area contributed by atoms with E-state index in [9.17, 15) is 5.11 Å². The van der Waals surface area contributed by atoms with Crippen molar-refractivity contribution >= 4 is 0 Å². The summed E-state index contributed by atoms with van der Waals surface area (Å²) in [5.41, 5.74) is -0.161. The SMILES string of the molecule is CC(O)C(C)(C)NCC1CC2C=CC1C2.